The predicted molar refractivity (Wildman–Crippen MR) is 118 cm³/mol. The van der Waals surface area contributed by atoms with E-state index in [-0.39, 0.29) is 12.1 Å². The molecule has 8 heteroatoms. The van der Waals surface area contributed by atoms with E-state index < -0.39 is 10.0 Å². The van der Waals surface area contributed by atoms with E-state index in [9.17, 15) is 8.42 Å². The molecule has 0 amide bonds. The number of sulfonamides is 1. The molecule has 166 valence electrons. The van der Waals surface area contributed by atoms with E-state index in [0.29, 0.717) is 29.8 Å². The largest absolute Gasteiger partial charge is 0.472 e. The predicted octanol–water partition coefficient (Wildman–Crippen LogP) is 2.81. The van der Waals surface area contributed by atoms with Crippen molar-refractivity contribution in [1.82, 2.24) is 19.2 Å². The van der Waals surface area contributed by atoms with E-state index in [1.54, 1.807) is 10.5 Å². The van der Waals surface area contributed by atoms with Gasteiger partial charge < -0.3 is 4.74 Å². The Bertz CT molecular complexity index is 1060. The lowest BCUT2D eigenvalue weighted by Gasteiger charge is -2.36. The molecule has 3 heterocycles. The second-order valence-corrected chi connectivity index (χ2v) is 11.1. The van der Waals surface area contributed by atoms with Gasteiger partial charge >= 0.3 is 0 Å². The summed E-state index contributed by atoms with van der Waals surface area (Å²) in [6.45, 7) is 8.30. The number of ether oxygens (including phenoxy) is 1. The van der Waals surface area contributed by atoms with Gasteiger partial charge in [-0.15, -0.1) is 0 Å². The molecule has 31 heavy (non-hydrogen) atoms. The fourth-order valence-electron chi connectivity index (χ4n) is 5.12. The number of hydrogen-bond acceptors (Lipinski definition) is 6. The molecular weight excluding hydrogens is 412 g/mol. The van der Waals surface area contributed by atoms with Crippen LogP contribution in [0.5, 0.6) is 5.88 Å². The van der Waals surface area contributed by atoms with Gasteiger partial charge in [0.05, 0.1) is 23.0 Å². The number of aryl methyl sites for hydroxylation is 3. The Morgan fingerprint density at radius 2 is 1.74 bits per heavy atom. The summed E-state index contributed by atoms with van der Waals surface area (Å²) in [5, 5.41) is 0. The minimum atomic E-state index is -3.52. The lowest BCUT2D eigenvalue weighted by atomic mass is 10.1. The van der Waals surface area contributed by atoms with E-state index in [1.165, 1.54) is 12.8 Å². The average molecular weight is 443 g/mol. The second-order valence-electron chi connectivity index (χ2n) is 9.27. The van der Waals surface area contributed by atoms with Crippen molar-refractivity contribution in [3.8, 4) is 5.88 Å². The standard InChI is InChI=1S/C23H30N4O3S/c1-15-8-16(2)23(17(3)9-15)31(28,29)27-7-6-26-14-20(10-19(26)13-27)30-22-12-24-21(11-25-22)18-4-5-18/h8-9,11-12,18-20H,4-7,10,13-14H2,1-3H3/t19-,20+/m0/s1. The van der Waals surface area contributed by atoms with Crippen LogP contribution in [-0.4, -0.2) is 65.9 Å². The van der Waals surface area contributed by atoms with Gasteiger partial charge in [0.15, 0.2) is 0 Å². The third-order valence-electron chi connectivity index (χ3n) is 6.67. The van der Waals surface area contributed by atoms with Crippen molar-refractivity contribution in [3.05, 3.63) is 46.9 Å². The molecule has 0 N–H and O–H groups in total. The summed E-state index contributed by atoms with van der Waals surface area (Å²) >= 11 is 0. The lowest BCUT2D eigenvalue weighted by Crippen LogP contribution is -2.52. The van der Waals surface area contributed by atoms with Gasteiger partial charge in [0, 0.05) is 44.6 Å². The van der Waals surface area contributed by atoms with Crippen LogP contribution >= 0.6 is 0 Å². The van der Waals surface area contributed by atoms with E-state index in [2.05, 4.69) is 14.9 Å². The first-order valence-corrected chi connectivity index (χ1v) is 12.6. The van der Waals surface area contributed by atoms with Gasteiger partial charge in [-0.2, -0.15) is 4.31 Å². The van der Waals surface area contributed by atoms with Crippen LogP contribution in [-0.2, 0) is 10.0 Å². The van der Waals surface area contributed by atoms with E-state index in [0.717, 1.165) is 41.9 Å². The van der Waals surface area contributed by atoms with Crippen LogP contribution in [0.15, 0.2) is 29.4 Å². The molecule has 0 radical (unpaired) electrons. The van der Waals surface area contributed by atoms with Crippen LogP contribution in [0.1, 0.15) is 47.6 Å². The SMILES string of the molecule is Cc1cc(C)c(S(=O)(=O)N2CCN3C[C@H](Oc4cnc(C5CC5)cn4)C[C@H]3C2)c(C)c1. The second kappa shape index (κ2) is 7.83. The summed E-state index contributed by atoms with van der Waals surface area (Å²) < 4.78 is 34.7. The molecule has 1 aliphatic carbocycles. The maximum Gasteiger partial charge on any atom is 0.243 e. The fourth-order valence-corrected chi connectivity index (χ4v) is 7.00. The monoisotopic (exact) mass is 442 g/mol. The zero-order valence-corrected chi connectivity index (χ0v) is 19.2. The molecule has 0 unspecified atom stereocenters. The van der Waals surface area contributed by atoms with Crippen molar-refractivity contribution >= 4 is 10.0 Å². The van der Waals surface area contributed by atoms with Gasteiger partial charge in [0.2, 0.25) is 15.9 Å². The fraction of sp³-hybridized carbons (Fsp3) is 0.565. The average Bonchev–Trinajstić information content (AvgIpc) is 3.47. The quantitative estimate of drug-likeness (QED) is 0.709. The van der Waals surface area contributed by atoms with Gasteiger partial charge in [-0.25, -0.2) is 13.4 Å². The maximum absolute atomic E-state index is 13.5. The van der Waals surface area contributed by atoms with Crippen LogP contribution in [0.2, 0.25) is 0 Å². The number of benzene rings is 1. The first-order valence-electron chi connectivity index (χ1n) is 11.1. The van der Waals surface area contributed by atoms with Gasteiger partial charge in [-0.1, -0.05) is 17.7 Å². The minimum absolute atomic E-state index is 0.0107. The normalized spacial score (nSPS) is 24.9. The first kappa shape index (κ1) is 20.8. The van der Waals surface area contributed by atoms with Gasteiger partial charge in [0.25, 0.3) is 0 Å². The molecule has 0 bridgehead atoms. The molecule has 1 aromatic heterocycles. The molecule has 7 nitrogen and oxygen atoms in total. The number of aromatic nitrogens is 2. The van der Waals surface area contributed by atoms with Crippen molar-refractivity contribution in [1.29, 1.82) is 0 Å². The highest BCUT2D eigenvalue weighted by molar-refractivity contribution is 7.89. The minimum Gasteiger partial charge on any atom is -0.472 e. The van der Waals surface area contributed by atoms with Crippen LogP contribution in [0.4, 0.5) is 0 Å². The Balaban J connectivity index is 1.26. The molecule has 3 aliphatic rings. The molecule has 0 spiro atoms. The Hall–Kier alpha value is -2.03. The summed E-state index contributed by atoms with van der Waals surface area (Å²) in [7, 11) is -3.52. The van der Waals surface area contributed by atoms with Gasteiger partial charge in [-0.05, 0) is 44.7 Å². The lowest BCUT2D eigenvalue weighted by molar-refractivity contribution is 0.151. The number of piperazine rings is 1. The third-order valence-corrected chi connectivity index (χ3v) is 8.85. The number of nitrogens with zero attached hydrogens (tertiary/aromatic N) is 4. The zero-order valence-electron chi connectivity index (χ0n) is 18.4. The Labute approximate surface area is 184 Å². The molecule has 1 saturated carbocycles. The maximum atomic E-state index is 13.5. The van der Waals surface area contributed by atoms with Crippen LogP contribution in [0, 0.1) is 20.8 Å². The van der Waals surface area contributed by atoms with Crippen molar-refractivity contribution in [2.24, 2.45) is 0 Å². The summed E-state index contributed by atoms with van der Waals surface area (Å²) in [5.74, 6) is 1.14. The van der Waals surface area contributed by atoms with E-state index in [1.807, 2.05) is 39.1 Å². The molecular formula is C23H30N4O3S. The number of fused-ring (bicyclic) bond motifs is 1. The first-order chi connectivity index (χ1) is 14.8. The molecule has 5 rings (SSSR count). The van der Waals surface area contributed by atoms with E-state index >= 15 is 0 Å². The highest BCUT2D eigenvalue weighted by Crippen LogP contribution is 2.38. The van der Waals surface area contributed by atoms with Crippen LogP contribution < -0.4 is 4.74 Å². The van der Waals surface area contributed by atoms with E-state index in [4.69, 9.17) is 4.74 Å². The molecule has 3 fully saturated rings. The topological polar surface area (TPSA) is 75.6 Å². The Kier molecular flexibility index (Phi) is 5.27. The Morgan fingerprint density at radius 1 is 1.00 bits per heavy atom. The summed E-state index contributed by atoms with van der Waals surface area (Å²) in [5.41, 5.74) is 3.78. The highest BCUT2D eigenvalue weighted by atomic mass is 32.2. The molecule has 2 aliphatic heterocycles. The van der Waals surface area contributed by atoms with Crippen molar-refractivity contribution in [2.75, 3.05) is 26.2 Å². The van der Waals surface area contributed by atoms with Crippen LogP contribution in [0.3, 0.4) is 0 Å². The van der Waals surface area contributed by atoms with Crippen LogP contribution in [0.25, 0.3) is 0 Å². The van der Waals surface area contributed by atoms with Gasteiger partial charge in [-0.3, -0.25) is 9.88 Å². The zero-order chi connectivity index (χ0) is 21.8. The summed E-state index contributed by atoms with van der Waals surface area (Å²) in [6.07, 6.45) is 6.77. The molecule has 2 atom stereocenters. The van der Waals surface area contributed by atoms with Gasteiger partial charge in [0.1, 0.15) is 6.10 Å². The Morgan fingerprint density at radius 3 is 2.39 bits per heavy atom. The van der Waals surface area contributed by atoms with Crippen molar-refractivity contribution in [3.63, 3.8) is 0 Å². The summed E-state index contributed by atoms with van der Waals surface area (Å²) in [6, 6.07) is 4.06. The highest BCUT2D eigenvalue weighted by Gasteiger charge is 2.41. The molecule has 1 aromatic carbocycles. The third kappa shape index (κ3) is 4.08. The van der Waals surface area contributed by atoms with Crippen molar-refractivity contribution in [2.45, 2.75) is 63.0 Å². The molecule has 2 aromatic rings. The van der Waals surface area contributed by atoms with Crippen molar-refractivity contribution < 1.29 is 13.2 Å². The number of rotatable bonds is 5. The summed E-state index contributed by atoms with van der Waals surface area (Å²) in [4.78, 5) is 11.7. The number of hydrogen-bond donors (Lipinski definition) is 0. The molecule has 2 saturated heterocycles. The smallest absolute Gasteiger partial charge is 0.243 e.